The molecule has 0 saturated heterocycles. The molecule has 228 valence electrons. The molecule has 0 atom stereocenters. The van der Waals surface area contributed by atoms with E-state index < -0.39 is 24.8 Å². The second kappa shape index (κ2) is 13.8. The van der Waals surface area contributed by atoms with Crippen LogP contribution in [0.2, 0.25) is 5.02 Å². The van der Waals surface area contributed by atoms with Gasteiger partial charge in [-0.25, -0.2) is 27.9 Å². The van der Waals surface area contributed by atoms with Crippen molar-refractivity contribution in [2.45, 2.75) is 26.0 Å². The van der Waals surface area contributed by atoms with Crippen molar-refractivity contribution in [3.8, 4) is 22.9 Å². The number of aromatic nitrogens is 3. The Bertz CT molecular complexity index is 1800. The van der Waals surface area contributed by atoms with E-state index in [1.165, 1.54) is 18.2 Å². The quantitative estimate of drug-likeness (QED) is 0.150. The van der Waals surface area contributed by atoms with Crippen molar-refractivity contribution in [1.29, 1.82) is 0 Å². The van der Waals surface area contributed by atoms with Crippen LogP contribution in [0.4, 0.5) is 13.2 Å². The third-order valence-corrected chi connectivity index (χ3v) is 7.02. The van der Waals surface area contributed by atoms with Crippen LogP contribution in [0.5, 0.6) is 11.6 Å². The summed E-state index contributed by atoms with van der Waals surface area (Å²) in [6, 6.07) is 19.2. The number of hydrogen-bond acceptors (Lipinski definition) is 6. The molecule has 12 heteroatoms. The van der Waals surface area contributed by atoms with Gasteiger partial charge in [0.2, 0.25) is 5.88 Å². The fourth-order valence-electron chi connectivity index (χ4n) is 4.64. The van der Waals surface area contributed by atoms with Crippen molar-refractivity contribution in [1.82, 2.24) is 14.5 Å². The van der Waals surface area contributed by atoms with Crippen molar-refractivity contribution in [3.63, 3.8) is 0 Å². The number of nitrogens with zero attached hydrogens (tertiary/aromatic N) is 3. The molecule has 5 aromatic rings. The SMILES string of the molecule is COCCn1c(Cc2ccc(-c3cccc(OCc4ccc(Cl)cc4OCC(F)F)n3)cc2F)nc2ccc(C(=O)O)cc21. The Balaban J connectivity index is 1.34. The second-order valence-electron chi connectivity index (χ2n) is 9.77. The molecule has 2 heterocycles. The summed E-state index contributed by atoms with van der Waals surface area (Å²) in [7, 11) is 1.56. The largest absolute Gasteiger partial charge is 0.487 e. The molecule has 8 nitrogen and oxygen atoms in total. The van der Waals surface area contributed by atoms with E-state index in [9.17, 15) is 18.7 Å². The fraction of sp³-hybridized carbons (Fsp3) is 0.219. The Morgan fingerprint density at radius 2 is 1.82 bits per heavy atom. The first-order valence-electron chi connectivity index (χ1n) is 13.5. The number of carbonyl (C=O) groups is 1. The summed E-state index contributed by atoms with van der Waals surface area (Å²) in [4.78, 5) is 20.6. The maximum absolute atomic E-state index is 15.4. The van der Waals surface area contributed by atoms with E-state index in [0.717, 1.165) is 0 Å². The Morgan fingerprint density at radius 3 is 2.57 bits per heavy atom. The first kappa shape index (κ1) is 30.8. The standard InChI is InChI=1S/C32H27ClF3N3O5/c1-42-12-11-39-27-14-21(32(40)41)8-10-26(27)37-30(39)15-19-5-6-20(13-24(19)34)25-3-2-4-31(38-25)44-17-22-7-9-23(33)16-28(22)43-18-29(35)36/h2-10,13-14,16,29H,11-12,15,17-18H2,1H3,(H,40,41). The van der Waals surface area contributed by atoms with E-state index in [0.29, 0.717) is 57.4 Å². The number of alkyl halides is 2. The first-order chi connectivity index (χ1) is 21.2. The number of rotatable bonds is 13. The molecule has 0 bridgehead atoms. The van der Waals surface area contributed by atoms with Crippen molar-refractivity contribution in [2.75, 3.05) is 20.3 Å². The van der Waals surface area contributed by atoms with Gasteiger partial charge in [-0.1, -0.05) is 35.9 Å². The molecule has 1 N–H and O–H groups in total. The summed E-state index contributed by atoms with van der Waals surface area (Å²) in [6.07, 6.45) is -2.47. The topological polar surface area (TPSA) is 95.7 Å². The predicted molar refractivity (Wildman–Crippen MR) is 158 cm³/mol. The number of aromatic carboxylic acids is 1. The number of methoxy groups -OCH3 is 1. The van der Waals surface area contributed by atoms with E-state index in [2.05, 4.69) is 9.97 Å². The van der Waals surface area contributed by atoms with Gasteiger partial charge in [-0.2, -0.15) is 0 Å². The number of carboxylic acid groups (broad SMARTS) is 1. The second-order valence-corrected chi connectivity index (χ2v) is 10.2. The molecule has 0 aliphatic carbocycles. The fourth-order valence-corrected chi connectivity index (χ4v) is 4.80. The van der Waals surface area contributed by atoms with Gasteiger partial charge in [0.05, 0.1) is 28.9 Å². The van der Waals surface area contributed by atoms with Gasteiger partial charge in [-0.15, -0.1) is 0 Å². The smallest absolute Gasteiger partial charge is 0.335 e. The molecule has 0 aliphatic heterocycles. The summed E-state index contributed by atoms with van der Waals surface area (Å²) < 4.78 is 58.8. The van der Waals surface area contributed by atoms with Gasteiger partial charge in [-0.05, 0) is 48.0 Å². The third kappa shape index (κ3) is 7.29. The maximum Gasteiger partial charge on any atom is 0.335 e. The maximum atomic E-state index is 15.4. The van der Waals surface area contributed by atoms with E-state index in [1.54, 1.807) is 61.7 Å². The monoisotopic (exact) mass is 625 g/mol. The number of halogens is 4. The lowest BCUT2D eigenvalue weighted by Crippen LogP contribution is -2.10. The molecule has 44 heavy (non-hydrogen) atoms. The molecule has 0 amide bonds. The van der Waals surface area contributed by atoms with Crippen molar-refractivity contribution in [3.05, 3.63) is 106 Å². The Hall–Kier alpha value is -4.61. The molecule has 0 unspecified atom stereocenters. The Kier molecular flexibility index (Phi) is 9.66. The van der Waals surface area contributed by atoms with Crippen LogP contribution in [0.3, 0.4) is 0 Å². The van der Waals surface area contributed by atoms with Crippen LogP contribution >= 0.6 is 11.6 Å². The lowest BCUT2D eigenvalue weighted by atomic mass is 10.1. The van der Waals surface area contributed by atoms with Crippen LogP contribution < -0.4 is 9.47 Å². The number of pyridine rings is 1. The highest BCUT2D eigenvalue weighted by Gasteiger charge is 2.17. The number of benzene rings is 3. The molecule has 0 spiro atoms. The van der Waals surface area contributed by atoms with Crippen LogP contribution in [0.25, 0.3) is 22.3 Å². The zero-order chi connectivity index (χ0) is 31.2. The van der Waals surface area contributed by atoms with Gasteiger partial charge in [0, 0.05) is 42.3 Å². The summed E-state index contributed by atoms with van der Waals surface area (Å²) in [5.41, 5.74) is 3.24. The van der Waals surface area contributed by atoms with E-state index in [-0.39, 0.29) is 30.2 Å². The summed E-state index contributed by atoms with van der Waals surface area (Å²) in [5.74, 6) is -0.515. The number of hydrogen-bond donors (Lipinski definition) is 1. The van der Waals surface area contributed by atoms with Gasteiger partial charge >= 0.3 is 5.97 Å². The zero-order valence-corrected chi connectivity index (χ0v) is 24.2. The number of carboxylic acids is 1. The van der Waals surface area contributed by atoms with Crippen LogP contribution in [-0.2, 0) is 24.3 Å². The molecule has 0 fully saturated rings. The van der Waals surface area contributed by atoms with Gasteiger partial charge in [0.1, 0.15) is 30.6 Å². The van der Waals surface area contributed by atoms with Crippen LogP contribution in [-0.4, -0.2) is 52.4 Å². The molecule has 0 radical (unpaired) electrons. The minimum absolute atomic E-state index is 0.0163. The number of fused-ring (bicyclic) bond motifs is 1. The van der Waals surface area contributed by atoms with E-state index in [4.69, 9.17) is 25.8 Å². The predicted octanol–water partition coefficient (Wildman–Crippen LogP) is 7.05. The van der Waals surface area contributed by atoms with Crippen LogP contribution in [0.15, 0.2) is 72.8 Å². The molecule has 0 saturated carbocycles. The minimum atomic E-state index is -2.64. The average Bonchev–Trinajstić information content (AvgIpc) is 3.35. The van der Waals surface area contributed by atoms with Gasteiger partial charge in [-0.3, -0.25) is 0 Å². The average molecular weight is 626 g/mol. The lowest BCUT2D eigenvalue weighted by Gasteiger charge is -2.13. The van der Waals surface area contributed by atoms with E-state index in [1.807, 2.05) is 4.57 Å². The lowest BCUT2D eigenvalue weighted by molar-refractivity contribution is 0.0697. The number of imidazole rings is 1. The zero-order valence-electron chi connectivity index (χ0n) is 23.5. The molecule has 3 aromatic carbocycles. The van der Waals surface area contributed by atoms with Gasteiger partial charge < -0.3 is 23.9 Å². The normalized spacial score (nSPS) is 11.3. The number of ether oxygens (including phenoxy) is 3. The van der Waals surface area contributed by atoms with Crippen molar-refractivity contribution < 1.29 is 37.3 Å². The van der Waals surface area contributed by atoms with Crippen LogP contribution in [0, 0.1) is 5.82 Å². The Morgan fingerprint density at radius 1 is 1.00 bits per heavy atom. The summed E-state index contributed by atoms with van der Waals surface area (Å²) >= 11 is 5.99. The highest BCUT2D eigenvalue weighted by molar-refractivity contribution is 6.30. The molecular formula is C32H27ClF3N3O5. The summed E-state index contributed by atoms with van der Waals surface area (Å²) in [6.45, 7) is -0.0156. The van der Waals surface area contributed by atoms with Crippen LogP contribution in [0.1, 0.15) is 27.3 Å². The first-order valence-corrected chi connectivity index (χ1v) is 13.9. The van der Waals surface area contributed by atoms with Crippen molar-refractivity contribution >= 4 is 28.6 Å². The third-order valence-electron chi connectivity index (χ3n) is 6.78. The highest BCUT2D eigenvalue weighted by Crippen LogP contribution is 2.28. The highest BCUT2D eigenvalue weighted by atomic mass is 35.5. The van der Waals surface area contributed by atoms with Gasteiger partial charge in [0.15, 0.2) is 0 Å². The molecule has 5 rings (SSSR count). The molecule has 2 aromatic heterocycles. The van der Waals surface area contributed by atoms with Gasteiger partial charge in [0.25, 0.3) is 6.43 Å². The minimum Gasteiger partial charge on any atom is -0.487 e. The van der Waals surface area contributed by atoms with E-state index >= 15 is 4.39 Å². The van der Waals surface area contributed by atoms with Crippen molar-refractivity contribution in [2.24, 2.45) is 0 Å². The molecular weight excluding hydrogens is 599 g/mol. The molecule has 0 aliphatic rings. The Labute approximate surface area is 255 Å². The summed E-state index contributed by atoms with van der Waals surface area (Å²) in [5, 5.41) is 9.75.